The molecule has 3 rings (SSSR count). The van der Waals surface area contributed by atoms with Crippen LogP contribution < -0.4 is 15.0 Å². The Morgan fingerprint density at radius 1 is 1.27 bits per heavy atom. The first kappa shape index (κ1) is 22.4. The summed E-state index contributed by atoms with van der Waals surface area (Å²) < 4.78 is 5.52. The molecule has 166 valence electrons. The van der Waals surface area contributed by atoms with Crippen LogP contribution in [0, 0.1) is 5.92 Å². The van der Waals surface area contributed by atoms with Gasteiger partial charge >= 0.3 is 0 Å². The standard InChI is InChI=1S/C23H37N5O2/c1-4-24-23(27-15-12-19(17-27)16-26(5-2)6-3)25-13-9-14-28-20-10-7-8-11-21(20)30-18-22(28)29/h7-8,10-11,19H,4-6,9,12-18H2,1-3H3,(H,24,25). The van der Waals surface area contributed by atoms with E-state index in [1.165, 1.54) is 13.0 Å². The molecule has 0 radical (unpaired) electrons. The van der Waals surface area contributed by atoms with Crippen molar-refractivity contribution in [2.45, 2.75) is 33.6 Å². The number of hydrogen-bond donors (Lipinski definition) is 1. The first-order valence-corrected chi connectivity index (χ1v) is 11.4. The number of ether oxygens (including phenoxy) is 1. The van der Waals surface area contributed by atoms with Crippen LogP contribution in [0.15, 0.2) is 29.3 Å². The molecule has 0 bridgehead atoms. The van der Waals surface area contributed by atoms with Crippen molar-refractivity contribution in [2.24, 2.45) is 10.9 Å². The highest BCUT2D eigenvalue weighted by molar-refractivity contribution is 5.97. The normalized spacial score (nSPS) is 19.3. The Labute approximate surface area is 181 Å². The lowest BCUT2D eigenvalue weighted by molar-refractivity contribution is -0.121. The lowest BCUT2D eigenvalue weighted by atomic mass is 10.1. The topological polar surface area (TPSA) is 60.4 Å². The van der Waals surface area contributed by atoms with Gasteiger partial charge in [-0.15, -0.1) is 0 Å². The SMILES string of the molecule is CCNC(=NCCCN1C(=O)COc2ccccc21)N1CCC(CN(CC)CC)C1. The van der Waals surface area contributed by atoms with Crippen LogP contribution in [0.2, 0.25) is 0 Å². The molecule has 1 unspecified atom stereocenters. The number of carbonyl (C=O) groups excluding carboxylic acids is 1. The maximum atomic E-state index is 12.3. The fourth-order valence-electron chi connectivity index (χ4n) is 4.26. The second-order valence-electron chi connectivity index (χ2n) is 7.98. The molecule has 2 aliphatic heterocycles. The van der Waals surface area contributed by atoms with Gasteiger partial charge in [-0.1, -0.05) is 26.0 Å². The molecule has 2 heterocycles. The number of nitrogens with zero attached hydrogens (tertiary/aromatic N) is 4. The number of anilines is 1. The number of guanidine groups is 1. The van der Waals surface area contributed by atoms with Crippen molar-refractivity contribution in [3.8, 4) is 5.75 Å². The molecule has 1 atom stereocenters. The molecule has 2 aliphatic rings. The number of para-hydroxylation sites is 2. The first-order chi connectivity index (χ1) is 14.7. The number of nitrogens with one attached hydrogen (secondary N) is 1. The van der Waals surface area contributed by atoms with Crippen molar-refractivity contribution < 1.29 is 9.53 Å². The van der Waals surface area contributed by atoms with Gasteiger partial charge in [0.1, 0.15) is 5.75 Å². The molecule has 0 spiro atoms. The summed E-state index contributed by atoms with van der Waals surface area (Å²) in [6, 6.07) is 7.73. The molecular formula is C23H37N5O2. The largest absolute Gasteiger partial charge is 0.482 e. The van der Waals surface area contributed by atoms with Gasteiger partial charge in [-0.2, -0.15) is 0 Å². The lowest BCUT2D eigenvalue weighted by Crippen LogP contribution is -2.41. The predicted octanol–water partition coefficient (Wildman–Crippen LogP) is 2.43. The minimum atomic E-state index is 0.0170. The van der Waals surface area contributed by atoms with Gasteiger partial charge in [0.15, 0.2) is 12.6 Å². The average Bonchev–Trinajstić information content (AvgIpc) is 3.23. The van der Waals surface area contributed by atoms with E-state index >= 15 is 0 Å². The Morgan fingerprint density at radius 2 is 2.07 bits per heavy atom. The van der Waals surface area contributed by atoms with Gasteiger partial charge in [-0.25, -0.2) is 0 Å². The van der Waals surface area contributed by atoms with Crippen molar-refractivity contribution in [2.75, 3.05) is 63.9 Å². The third-order valence-corrected chi connectivity index (χ3v) is 5.94. The molecule has 1 aromatic carbocycles. The van der Waals surface area contributed by atoms with E-state index in [0.29, 0.717) is 19.0 Å². The fraction of sp³-hybridized carbons (Fsp3) is 0.652. The highest BCUT2D eigenvalue weighted by Gasteiger charge is 2.26. The number of carbonyl (C=O) groups is 1. The molecule has 1 aromatic rings. The van der Waals surface area contributed by atoms with Crippen molar-refractivity contribution in [1.29, 1.82) is 0 Å². The molecule has 0 saturated carbocycles. The van der Waals surface area contributed by atoms with Crippen LogP contribution in [0.4, 0.5) is 5.69 Å². The number of fused-ring (bicyclic) bond motifs is 1. The molecule has 1 amide bonds. The van der Waals surface area contributed by atoms with E-state index < -0.39 is 0 Å². The summed E-state index contributed by atoms with van der Waals surface area (Å²) in [4.78, 5) is 23.9. The van der Waals surface area contributed by atoms with Crippen LogP contribution in [0.5, 0.6) is 5.75 Å². The van der Waals surface area contributed by atoms with E-state index in [1.54, 1.807) is 0 Å². The van der Waals surface area contributed by atoms with Gasteiger partial charge in [-0.05, 0) is 50.9 Å². The quantitative estimate of drug-likeness (QED) is 0.381. The summed E-state index contributed by atoms with van der Waals surface area (Å²) in [5, 5.41) is 3.45. The van der Waals surface area contributed by atoms with E-state index in [-0.39, 0.29) is 12.5 Å². The van der Waals surface area contributed by atoms with E-state index in [0.717, 1.165) is 56.5 Å². The second-order valence-corrected chi connectivity index (χ2v) is 7.98. The van der Waals surface area contributed by atoms with Gasteiger partial charge < -0.3 is 24.8 Å². The molecule has 0 aromatic heterocycles. The number of aliphatic imine (C=N–C) groups is 1. The minimum absolute atomic E-state index is 0.0170. The molecule has 1 saturated heterocycles. The molecular weight excluding hydrogens is 378 g/mol. The van der Waals surface area contributed by atoms with Crippen molar-refractivity contribution in [3.63, 3.8) is 0 Å². The number of amides is 1. The zero-order chi connectivity index (χ0) is 21.3. The van der Waals surface area contributed by atoms with Crippen LogP contribution in [-0.2, 0) is 4.79 Å². The van der Waals surface area contributed by atoms with Gasteiger partial charge in [0.2, 0.25) is 0 Å². The molecule has 7 nitrogen and oxygen atoms in total. The third kappa shape index (κ3) is 5.65. The van der Waals surface area contributed by atoms with Gasteiger partial charge in [0, 0.05) is 39.3 Å². The van der Waals surface area contributed by atoms with E-state index in [2.05, 4.69) is 35.9 Å². The molecule has 7 heteroatoms. The summed E-state index contributed by atoms with van der Waals surface area (Å²) in [6.07, 6.45) is 2.05. The van der Waals surface area contributed by atoms with Crippen LogP contribution in [0.25, 0.3) is 0 Å². The Hall–Kier alpha value is -2.28. The smallest absolute Gasteiger partial charge is 0.265 e. The van der Waals surface area contributed by atoms with Gasteiger partial charge in [0.05, 0.1) is 5.69 Å². The highest BCUT2D eigenvalue weighted by atomic mass is 16.5. The first-order valence-electron chi connectivity index (χ1n) is 11.4. The van der Waals surface area contributed by atoms with Crippen molar-refractivity contribution in [1.82, 2.24) is 15.1 Å². The summed E-state index contributed by atoms with van der Waals surface area (Å²) >= 11 is 0. The Balaban J connectivity index is 1.53. The maximum absolute atomic E-state index is 12.3. The van der Waals surface area contributed by atoms with Crippen molar-refractivity contribution in [3.05, 3.63) is 24.3 Å². The highest BCUT2D eigenvalue weighted by Crippen LogP contribution is 2.31. The number of benzene rings is 1. The Bertz CT molecular complexity index is 719. The number of rotatable bonds is 9. The predicted molar refractivity (Wildman–Crippen MR) is 122 cm³/mol. The Morgan fingerprint density at radius 3 is 2.83 bits per heavy atom. The summed E-state index contributed by atoms with van der Waals surface area (Å²) in [5.74, 6) is 2.51. The monoisotopic (exact) mass is 415 g/mol. The lowest BCUT2D eigenvalue weighted by Gasteiger charge is -2.29. The molecule has 1 N–H and O–H groups in total. The maximum Gasteiger partial charge on any atom is 0.265 e. The zero-order valence-electron chi connectivity index (χ0n) is 18.8. The Kier molecular flexibility index (Phi) is 8.37. The van der Waals surface area contributed by atoms with Crippen LogP contribution in [-0.4, -0.2) is 80.6 Å². The molecule has 30 heavy (non-hydrogen) atoms. The third-order valence-electron chi connectivity index (χ3n) is 5.94. The van der Waals surface area contributed by atoms with Gasteiger partial charge in [-0.3, -0.25) is 9.79 Å². The van der Waals surface area contributed by atoms with Crippen LogP contribution in [0.1, 0.15) is 33.6 Å². The summed E-state index contributed by atoms with van der Waals surface area (Å²) in [5.41, 5.74) is 0.864. The van der Waals surface area contributed by atoms with Crippen LogP contribution >= 0.6 is 0 Å². The minimum Gasteiger partial charge on any atom is -0.482 e. The molecule has 0 aliphatic carbocycles. The van der Waals surface area contributed by atoms with Crippen molar-refractivity contribution >= 4 is 17.6 Å². The van der Waals surface area contributed by atoms with E-state index in [9.17, 15) is 4.79 Å². The number of hydrogen-bond acceptors (Lipinski definition) is 4. The summed E-state index contributed by atoms with van der Waals surface area (Å²) in [7, 11) is 0. The fourth-order valence-corrected chi connectivity index (χ4v) is 4.26. The average molecular weight is 416 g/mol. The second kappa shape index (κ2) is 11.2. The molecule has 1 fully saturated rings. The number of likely N-dealkylation sites (tertiary alicyclic amines) is 1. The van der Waals surface area contributed by atoms with E-state index in [4.69, 9.17) is 9.73 Å². The van der Waals surface area contributed by atoms with E-state index in [1.807, 2.05) is 29.2 Å². The summed E-state index contributed by atoms with van der Waals surface area (Å²) in [6.45, 7) is 14.5. The zero-order valence-corrected chi connectivity index (χ0v) is 18.8. The van der Waals surface area contributed by atoms with Crippen LogP contribution in [0.3, 0.4) is 0 Å². The van der Waals surface area contributed by atoms with Gasteiger partial charge in [0.25, 0.3) is 5.91 Å².